The van der Waals surface area contributed by atoms with Crippen molar-refractivity contribution in [3.05, 3.63) is 54.1 Å². The molecule has 1 amide bonds. The van der Waals surface area contributed by atoms with E-state index in [0.29, 0.717) is 23.6 Å². The van der Waals surface area contributed by atoms with Gasteiger partial charge in [-0.25, -0.2) is 8.42 Å². The van der Waals surface area contributed by atoms with Crippen molar-refractivity contribution in [1.29, 1.82) is 0 Å². The van der Waals surface area contributed by atoms with Crippen molar-refractivity contribution in [2.75, 3.05) is 30.4 Å². The van der Waals surface area contributed by atoms with E-state index in [1.807, 2.05) is 24.3 Å². The number of aryl methyl sites for hydroxylation is 1. The molecule has 7 nitrogen and oxygen atoms in total. The second kappa shape index (κ2) is 8.30. The lowest BCUT2D eigenvalue weighted by molar-refractivity contribution is -0.120. The number of fused-ring (bicyclic) bond motifs is 1. The highest BCUT2D eigenvalue weighted by atomic mass is 32.2. The molecule has 2 aromatic carbocycles. The number of hydrogen-bond acceptors (Lipinski definition) is 5. The highest BCUT2D eigenvalue weighted by molar-refractivity contribution is 7.92. The first-order valence-corrected chi connectivity index (χ1v) is 10.2. The molecule has 0 fully saturated rings. The summed E-state index contributed by atoms with van der Waals surface area (Å²) >= 11 is 0. The standard InChI is InChI=1S/C19H22N2O5S/c1-21(16-5-3-2-4-6-16)27(23,24)12-11-20-19(22)10-8-15-7-9-17-18(13-15)26-14-25-17/h2-7,9,13H,8,10-12,14H2,1H3,(H,20,22). The van der Waals surface area contributed by atoms with Crippen LogP contribution in [0.4, 0.5) is 5.69 Å². The summed E-state index contributed by atoms with van der Waals surface area (Å²) in [5.74, 6) is 1.04. The van der Waals surface area contributed by atoms with Crippen molar-refractivity contribution >= 4 is 21.6 Å². The van der Waals surface area contributed by atoms with Crippen molar-refractivity contribution in [2.45, 2.75) is 12.8 Å². The maximum atomic E-state index is 12.3. The minimum atomic E-state index is -3.49. The van der Waals surface area contributed by atoms with Crippen molar-refractivity contribution in [2.24, 2.45) is 0 Å². The van der Waals surface area contributed by atoms with Crippen molar-refractivity contribution in [3.63, 3.8) is 0 Å². The van der Waals surface area contributed by atoms with Crippen LogP contribution < -0.4 is 19.1 Å². The first kappa shape index (κ1) is 19.0. The van der Waals surface area contributed by atoms with Gasteiger partial charge in [-0.3, -0.25) is 9.10 Å². The summed E-state index contributed by atoms with van der Waals surface area (Å²) in [6.45, 7) is 0.282. The van der Waals surface area contributed by atoms with Gasteiger partial charge in [0.25, 0.3) is 0 Å². The van der Waals surface area contributed by atoms with E-state index in [4.69, 9.17) is 9.47 Å². The Morgan fingerprint density at radius 1 is 1.11 bits per heavy atom. The molecule has 27 heavy (non-hydrogen) atoms. The van der Waals surface area contributed by atoms with E-state index in [9.17, 15) is 13.2 Å². The van der Waals surface area contributed by atoms with Gasteiger partial charge in [-0.05, 0) is 36.2 Å². The molecule has 0 saturated carbocycles. The molecule has 0 spiro atoms. The summed E-state index contributed by atoms with van der Waals surface area (Å²) in [5, 5.41) is 2.67. The van der Waals surface area contributed by atoms with Gasteiger partial charge in [-0.15, -0.1) is 0 Å². The molecule has 8 heteroatoms. The molecule has 1 heterocycles. The molecule has 0 aliphatic carbocycles. The van der Waals surface area contributed by atoms with E-state index in [1.165, 1.54) is 11.4 Å². The smallest absolute Gasteiger partial charge is 0.236 e. The van der Waals surface area contributed by atoms with Crippen LogP contribution in [0.2, 0.25) is 0 Å². The SMILES string of the molecule is CN(c1ccccc1)S(=O)(=O)CCNC(=O)CCc1ccc2c(c1)OCO2. The van der Waals surface area contributed by atoms with E-state index in [-0.39, 0.29) is 31.4 Å². The molecule has 1 N–H and O–H groups in total. The average Bonchev–Trinajstić information content (AvgIpc) is 3.14. The zero-order valence-electron chi connectivity index (χ0n) is 15.1. The predicted octanol–water partition coefficient (Wildman–Crippen LogP) is 1.93. The highest BCUT2D eigenvalue weighted by Crippen LogP contribution is 2.32. The number of rotatable bonds is 8. The van der Waals surface area contributed by atoms with Gasteiger partial charge < -0.3 is 14.8 Å². The first-order chi connectivity index (χ1) is 13.0. The molecule has 1 aliphatic rings. The molecule has 0 atom stereocenters. The van der Waals surface area contributed by atoms with E-state index >= 15 is 0 Å². The number of para-hydroxylation sites is 1. The zero-order valence-corrected chi connectivity index (χ0v) is 15.9. The molecule has 2 aromatic rings. The van der Waals surface area contributed by atoms with Gasteiger partial charge >= 0.3 is 0 Å². The number of carbonyl (C=O) groups is 1. The third kappa shape index (κ3) is 4.91. The number of nitrogens with zero attached hydrogens (tertiary/aromatic N) is 1. The van der Waals surface area contributed by atoms with Crippen molar-refractivity contribution in [3.8, 4) is 11.5 Å². The monoisotopic (exact) mass is 390 g/mol. The van der Waals surface area contributed by atoms with Crippen LogP contribution in [-0.2, 0) is 21.2 Å². The van der Waals surface area contributed by atoms with Crippen LogP contribution in [0.5, 0.6) is 11.5 Å². The van der Waals surface area contributed by atoms with E-state index < -0.39 is 10.0 Å². The van der Waals surface area contributed by atoms with Crippen molar-refractivity contribution in [1.82, 2.24) is 5.32 Å². The summed E-state index contributed by atoms with van der Waals surface area (Å²) in [6.07, 6.45) is 0.813. The Labute approximate surface area is 158 Å². The van der Waals surface area contributed by atoms with E-state index in [0.717, 1.165) is 5.56 Å². The van der Waals surface area contributed by atoms with Gasteiger partial charge in [-0.2, -0.15) is 0 Å². The number of amides is 1. The number of nitrogens with one attached hydrogen (secondary N) is 1. The fraction of sp³-hybridized carbons (Fsp3) is 0.316. The minimum absolute atomic E-state index is 0.0689. The molecule has 1 aliphatic heterocycles. The van der Waals surface area contributed by atoms with E-state index in [2.05, 4.69) is 5.32 Å². The molecule has 0 radical (unpaired) electrons. The molecule has 3 rings (SSSR count). The molecule has 0 bridgehead atoms. The topological polar surface area (TPSA) is 84.9 Å². The maximum absolute atomic E-state index is 12.3. The van der Waals surface area contributed by atoms with Gasteiger partial charge in [0.05, 0.1) is 11.4 Å². The molecule has 144 valence electrons. The number of hydrogen-bond donors (Lipinski definition) is 1. The third-order valence-corrected chi connectivity index (χ3v) is 6.06. The van der Waals surface area contributed by atoms with Gasteiger partial charge in [-0.1, -0.05) is 24.3 Å². The maximum Gasteiger partial charge on any atom is 0.236 e. The van der Waals surface area contributed by atoms with Gasteiger partial charge in [0.15, 0.2) is 11.5 Å². The fourth-order valence-corrected chi connectivity index (χ4v) is 3.77. The largest absolute Gasteiger partial charge is 0.454 e. The normalized spacial score (nSPS) is 12.6. The fourth-order valence-electron chi connectivity index (χ4n) is 2.70. The van der Waals surface area contributed by atoms with Crippen LogP contribution in [0.25, 0.3) is 0 Å². The number of anilines is 1. The second-order valence-corrected chi connectivity index (χ2v) is 8.28. The molecule has 0 saturated heterocycles. The van der Waals surface area contributed by atoms with Crippen LogP contribution >= 0.6 is 0 Å². The van der Waals surface area contributed by atoms with Gasteiger partial charge in [0.1, 0.15) is 0 Å². The van der Waals surface area contributed by atoms with Crippen LogP contribution in [0.15, 0.2) is 48.5 Å². The molecular formula is C19H22N2O5S. The lowest BCUT2D eigenvalue weighted by Gasteiger charge is -2.19. The molecule has 0 aromatic heterocycles. The number of benzene rings is 2. The van der Waals surface area contributed by atoms with Crippen LogP contribution in [0.1, 0.15) is 12.0 Å². The van der Waals surface area contributed by atoms with Gasteiger partial charge in [0, 0.05) is 20.0 Å². The Hall–Kier alpha value is -2.74. The van der Waals surface area contributed by atoms with Crippen LogP contribution in [0, 0.1) is 0 Å². The number of ether oxygens (including phenoxy) is 2. The lowest BCUT2D eigenvalue weighted by Crippen LogP contribution is -2.35. The van der Waals surface area contributed by atoms with E-state index in [1.54, 1.807) is 24.3 Å². The Morgan fingerprint density at radius 3 is 2.63 bits per heavy atom. The minimum Gasteiger partial charge on any atom is -0.454 e. The second-order valence-electron chi connectivity index (χ2n) is 6.16. The third-order valence-electron chi connectivity index (χ3n) is 4.30. The highest BCUT2D eigenvalue weighted by Gasteiger charge is 2.18. The number of carbonyl (C=O) groups excluding carboxylic acids is 1. The summed E-state index contributed by atoms with van der Waals surface area (Å²) in [5.41, 5.74) is 1.55. The van der Waals surface area contributed by atoms with Crippen LogP contribution in [0.3, 0.4) is 0 Å². The summed E-state index contributed by atoms with van der Waals surface area (Å²) in [7, 11) is -1.99. The quantitative estimate of drug-likeness (QED) is 0.745. The summed E-state index contributed by atoms with van der Waals surface area (Å²) in [6, 6.07) is 14.4. The Morgan fingerprint density at radius 2 is 1.85 bits per heavy atom. The van der Waals surface area contributed by atoms with Crippen molar-refractivity contribution < 1.29 is 22.7 Å². The molecular weight excluding hydrogens is 368 g/mol. The van der Waals surface area contributed by atoms with Crippen LogP contribution in [-0.4, -0.2) is 40.5 Å². The summed E-state index contributed by atoms with van der Waals surface area (Å²) < 4.78 is 36.5. The predicted molar refractivity (Wildman–Crippen MR) is 103 cm³/mol. The van der Waals surface area contributed by atoms with Gasteiger partial charge in [0.2, 0.25) is 22.7 Å². The molecule has 0 unspecified atom stereocenters. The Bertz CT molecular complexity index is 900. The zero-order chi connectivity index (χ0) is 19.3. The Balaban J connectivity index is 1.44. The number of sulfonamides is 1. The first-order valence-electron chi connectivity index (χ1n) is 8.62. The average molecular weight is 390 g/mol. The summed E-state index contributed by atoms with van der Waals surface area (Å²) in [4.78, 5) is 12.0. The Kier molecular flexibility index (Phi) is 5.85. The lowest BCUT2D eigenvalue weighted by atomic mass is 10.1.